The molecule has 522 valence electrons. The third-order valence-electron chi connectivity index (χ3n) is 20.7. The van der Waals surface area contributed by atoms with E-state index in [-0.39, 0.29) is 79.0 Å². The molecule has 3 unspecified atom stereocenters. The summed E-state index contributed by atoms with van der Waals surface area (Å²) in [7, 11) is 2.26. The standard InChI is InChI=1S/C72H93N15O10S/c1-45(2)60(80-57(89)26-34-97-35-30-85-58(90)24-25-59(85)91)65(93)77-54(16-10-28-74-67(73)96)64(92)76-49-20-18-48(19-21-49)37-87(7,32-13-33-88)31-12-27-71-39-69(5)38-70(6,40-71)42-72(41-69,43-71)44-86-47(4)52(36-75-86)51-22-23-56(79-61(51)66(94)95)84-29-11-14-50-46(3)62(82-83-63(50)84)81-68-78-53-15-8-9-17-55(53)98-68/h8-9,15,17-25,36,45,54,60,88H,10-14,16,26-35,37-44H2,1-7H3,(H7-,73,74,76,77,78,80,81,82,89,92,93,94,95,96)/p+1/t54-,60-,69-,70+,71?,72?,87?/m0/s1. The number of carbonyl (C=O) groups excluding carboxylic acids is 6. The number of primary amides is 1. The summed E-state index contributed by atoms with van der Waals surface area (Å²) in [5.41, 5.74) is 12.4. The van der Waals surface area contributed by atoms with Gasteiger partial charge in [0.15, 0.2) is 22.5 Å². The molecule has 0 radical (unpaired) electrons. The number of amides is 7. The van der Waals surface area contributed by atoms with E-state index < -0.39 is 53.6 Å². The third-order valence-corrected chi connectivity index (χ3v) is 21.7. The third kappa shape index (κ3) is 16.2. The number of nitrogens with one attached hydrogen (secondary N) is 5. The van der Waals surface area contributed by atoms with Gasteiger partial charge in [0, 0.05) is 90.4 Å². The van der Waals surface area contributed by atoms with Crippen molar-refractivity contribution in [2.75, 3.05) is 75.1 Å². The summed E-state index contributed by atoms with van der Waals surface area (Å²) in [4.78, 5) is 102. The van der Waals surface area contributed by atoms with Gasteiger partial charge in [0.05, 0.1) is 56.3 Å². The lowest BCUT2D eigenvalue weighted by atomic mass is 9.35. The number of imide groups is 1. The summed E-state index contributed by atoms with van der Waals surface area (Å²) in [5.74, 6) is -2.03. The minimum atomic E-state index is -1.12. The van der Waals surface area contributed by atoms with Gasteiger partial charge in [0.1, 0.15) is 24.4 Å². The Labute approximate surface area is 575 Å². The summed E-state index contributed by atoms with van der Waals surface area (Å²) in [6.07, 6.45) is 15.8. The van der Waals surface area contributed by atoms with Gasteiger partial charge in [-0.3, -0.25) is 33.6 Å². The molecule has 98 heavy (non-hydrogen) atoms. The molecule has 6 aliphatic rings. The van der Waals surface area contributed by atoms with E-state index in [0.717, 1.165) is 113 Å². The number of aliphatic hydroxyl groups is 1. The highest BCUT2D eigenvalue weighted by atomic mass is 32.1. The van der Waals surface area contributed by atoms with Gasteiger partial charge in [-0.1, -0.05) is 63.3 Å². The molecule has 4 aliphatic carbocycles. The van der Waals surface area contributed by atoms with E-state index >= 15 is 0 Å². The van der Waals surface area contributed by atoms with Crippen LogP contribution in [-0.4, -0.2) is 163 Å². The lowest BCUT2D eigenvalue weighted by Gasteiger charge is -2.70. The van der Waals surface area contributed by atoms with E-state index in [1.807, 2.05) is 78.7 Å². The Kier molecular flexibility index (Phi) is 21.2. The number of aromatic carboxylic acids is 1. The predicted octanol–water partition coefficient (Wildman–Crippen LogP) is 9.01. The molecule has 26 heteroatoms. The number of aliphatic hydroxyl groups excluding tert-OH is 1. The SMILES string of the molecule is Cc1c(Nc2nc3ccccc3s2)nnc2c1CCCN2c1ccc(-c2cnn(CC34CC5(CCC[N+](C)(CCCO)Cc6ccc(NC(=O)[C@H](CCCNC(N)=O)NC(=O)[C@@H](NC(=O)CCOCCN7C(=O)C=CC7=O)C(C)C)cc6)C[C@@](C)(C3)C[C@](C)(C5)C4)c2C)c(C(=O)O)n1. The van der Waals surface area contributed by atoms with Crippen LogP contribution in [0.25, 0.3) is 21.3 Å². The monoisotopic (exact) mass is 1360 g/mol. The Morgan fingerprint density at radius 2 is 1.55 bits per heavy atom. The Balaban J connectivity index is 0.717. The number of carbonyl (C=O) groups is 7. The predicted molar refractivity (Wildman–Crippen MR) is 373 cm³/mol. The molecule has 7 atom stereocenters. The molecule has 4 aromatic heterocycles. The quantitative estimate of drug-likeness (QED) is 0.0111. The number of rotatable bonds is 32. The number of aromatic nitrogens is 6. The first-order valence-electron chi connectivity index (χ1n) is 34.4. The van der Waals surface area contributed by atoms with Crippen LogP contribution in [0, 0.1) is 41.4 Å². The van der Waals surface area contributed by atoms with Crippen LogP contribution in [0.1, 0.15) is 144 Å². The zero-order chi connectivity index (χ0) is 69.7. The van der Waals surface area contributed by atoms with Crippen molar-refractivity contribution < 1.29 is 53.0 Å². The molecule has 0 spiro atoms. The van der Waals surface area contributed by atoms with Crippen molar-refractivity contribution in [3.05, 3.63) is 107 Å². The molecule has 0 saturated heterocycles. The highest BCUT2D eigenvalue weighted by molar-refractivity contribution is 7.22. The number of urea groups is 1. The number of benzene rings is 2. The van der Waals surface area contributed by atoms with Gasteiger partial charge >= 0.3 is 12.0 Å². The van der Waals surface area contributed by atoms with E-state index in [2.05, 4.69) is 64.2 Å². The van der Waals surface area contributed by atoms with E-state index in [1.165, 1.54) is 31.4 Å². The van der Waals surface area contributed by atoms with Gasteiger partial charge in [-0.05, 0) is 155 Å². The highest BCUT2D eigenvalue weighted by Gasteiger charge is 2.65. The van der Waals surface area contributed by atoms with Crippen molar-refractivity contribution in [1.29, 1.82) is 0 Å². The Morgan fingerprint density at radius 1 is 0.827 bits per heavy atom. The van der Waals surface area contributed by atoms with Gasteiger partial charge < -0.3 is 56.7 Å². The number of carboxylic acid groups (broad SMARTS) is 1. The number of anilines is 5. The maximum absolute atomic E-state index is 14.0. The largest absolute Gasteiger partial charge is 0.476 e. The number of nitrogens with two attached hydrogens (primary N) is 1. The Bertz CT molecular complexity index is 3950. The molecule has 2 aromatic carbocycles. The number of nitrogens with zero attached hydrogens (tertiary/aromatic N) is 9. The molecule has 25 nitrogen and oxygen atoms in total. The van der Waals surface area contributed by atoms with Crippen LogP contribution in [0.3, 0.4) is 0 Å². The summed E-state index contributed by atoms with van der Waals surface area (Å²) in [6, 6.07) is 16.7. The molecule has 9 N–H and O–H groups in total. The second kappa shape index (κ2) is 29.4. The van der Waals surface area contributed by atoms with Gasteiger partial charge in [-0.2, -0.15) is 5.10 Å². The first kappa shape index (κ1) is 70.6. The number of ether oxygens (including phenoxy) is 1. The van der Waals surface area contributed by atoms with Crippen molar-refractivity contribution in [3.63, 3.8) is 0 Å². The number of fused-ring (bicyclic) bond motifs is 2. The lowest BCUT2D eigenvalue weighted by molar-refractivity contribution is -0.923. The zero-order valence-electron chi connectivity index (χ0n) is 57.4. The average Bonchev–Trinajstić information content (AvgIpc) is 0.814. The maximum atomic E-state index is 14.0. The molecule has 6 aromatic rings. The van der Waals surface area contributed by atoms with Crippen LogP contribution in [0.5, 0.6) is 0 Å². The molecule has 4 bridgehead atoms. The Hall–Kier alpha value is -8.72. The number of hydrogen-bond acceptors (Lipinski definition) is 17. The molecule has 4 saturated carbocycles. The van der Waals surface area contributed by atoms with Crippen molar-refractivity contribution in [3.8, 4) is 11.1 Å². The van der Waals surface area contributed by atoms with E-state index in [0.29, 0.717) is 59.1 Å². The second-order valence-electron chi connectivity index (χ2n) is 29.6. The normalized spacial score (nSPS) is 22.1. The van der Waals surface area contributed by atoms with Gasteiger partial charge in [0.2, 0.25) is 17.7 Å². The number of hydrogen-bond donors (Lipinski definition) is 8. The first-order chi connectivity index (χ1) is 46.8. The molecular formula is C72H94N15O10S+. The molecule has 7 amide bonds. The van der Waals surface area contributed by atoms with E-state index in [9.17, 15) is 43.8 Å². The molecule has 12 rings (SSSR count). The number of carboxylic acids is 1. The van der Waals surface area contributed by atoms with Crippen LogP contribution >= 0.6 is 11.3 Å². The summed E-state index contributed by atoms with van der Waals surface area (Å²) >= 11 is 1.56. The summed E-state index contributed by atoms with van der Waals surface area (Å²) in [6.45, 7) is 16.7. The smallest absolute Gasteiger partial charge is 0.355 e. The molecule has 4 fully saturated rings. The fraction of sp³-hybridized carbons (Fsp3) is 0.528. The number of pyridine rings is 1. The van der Waals surface area contributed by atoms with E-state index in [4.69, 9.17) is 30.6 Å². The van der Waals surface area contributed by atoms with Gasteiger partial charge in [-0.25, -0.2) is 19.6 Å². The second-order valence-corrected chi connectivity index (χ2v) is 30.6. The maximum Gasteiger partial charge on any atom is 0.355 e. The molecular weight excluding hydrogens is 1270 g/mol. The lowest BCUT2D eigenvalue weighted by Crippen LogP contribution is -2.60. The first-order valence-corrected chi connectivity index (χ1v) is 35.2. The van der Waals surface area contributed by atoms with Crippen LogP contribution < -0.4 is 37.2 Å². The molecule has 2 aliphatic heterocycles. The van der Waals surface area contributed by atoms with Crippen LogP contribution in [0.2, 0.25) is 0 Å². The van der Waals surface area contributed by atoms with Gasteiger partial charge in [-0.15, -0.1) is 10.2 Å². The number of quaternary nitrogens is 1. The van der Waals surface area contributed by atoms with E-state index in [1.54, 1.807) is 25.2 Å². The van der Waals surface area contributed by atoms with Crippen molar-refractivity contribution >= 4 is 91.4 Å². The number of para-hydroxylation sites is 1. The van der Waals surface area contributed by atoms with Crippen LogP contribution in [0.4, 0.5) is 33.1 Å². The summed E-state index contributed by atoms with van der Waals surface area (Å²) < 4.78 is 9.42. The van der Waals surface area contributed by atoms with Crippen molar-refractivity contribution in [2.24, 2.45) is 33.3 Å². The summed E-state index contributed by atoms with van der Waals surface area (Å²) in [5, 5.41) is 50.6. The minimum Gasteiger partial charge on any atom is -0.476 e. The van der Waals surface area contributed by atoms with Gasteiger partial charge in [0.25, 0.3) is 11.8 Å². The fourth-order valence-corrected chi connectivity index (χ4v) is 18.4. The highest BCUT2D eigenvalue weighted by Crippen LogP contribution is 2.75. The van der Waals surface area contributed by atoms with Crippen LogP contribution in [0.15, 0.2) is 79.0 Å². The number of thiazole rings is 1. The van der Waals surface area contributed by atoms with Crippen molar-refractivity contribution in [1.82, 2.24) is 50.8 Å². The van der Waals surface area contributed by atoms with Crippen LogP contribution in [-0.2, 0) is 48.2 Å². The topological polar surface area (TPSA) is 331 Å². The average molecular weight is 1360 g/mol. The molecule has 6 heterocycles. The fourth-order valence-electron chi connectivity index (χ4n) is 17.6. The van der Waals surface area contributed by atoms with Crippen molar-refractivity contribution in [2.45, 2.75) is 157 Å². The minimum absolute atomic E-state index is 0.00227. The zero-order valence-corrected chi connectivity index (χ0v) is 58.2. The Morgan fingerprint density at radius 3 is 2.26 bits per heavy atom.